The third-order valence-electron chi connectivity index (χ3n) is 4.46. The molecule has 0 aliphatic carbocycles. The minimum absolute atomic E-state index is 0.00904. The average Bonchev–Trinajstić information content (AvgIpc) is 2.63. The number of benzene rings is 1. The van der Waals surface area contributed by atoms with Crippen LogP contribution in [0.1, 0.15) is 31.7 Å². The Morgan fingerprint density at radius 2 is 1.89 bits per heavy atom. The number of aryl methyl sites for hydroxylation is 1. The van der Waals surface area contributed by atoms with E-state index in [1.165, 1.54) is 4.90 Å². The van der Waals surface area contributed by atoms with Crippen molar-refractivity contribution in [3.63, 3.8) is 0 Å². The monoisotopic (exact) mass is 405 g/mol. The Bertz CT molecular complexity index is 850. The average molecular weight is 406 g/mol. The molecule has 0 atom stereocenters. The summed E-state index contributed by atoms with van der Waals surface area (Å²) in [6.07, 6.45) is 4.55. The molecule has 7 heteroatoms. The zero-order valence-corrected chi connectivity index (χ0v) is 16.6. The highest BCUT2D eigenvalue weighted by Gasteiger charge is 2.27. The van der Waals surface area contributed by atoms with Crippen LogP contribution >= 0.6 is 23.2 Å². The Morgan fingerprint density at radius 1 is 1.15 bits per heavy atom. The van der Waals surface area contributed by atoms with Gasteiger partial charge in [0.25, 0.3) is 0 Å². The summed E-state index contributed by atoms with van der Waals surface area (Å²) in [7, 11) is 0. The summed E-state index contributed by atoms with van der Waals surface area (Å²) < 4.78 is 0. The van der Waals surface area contributed by atoms with Crippen molar-refractivity contribution in [1.29, 1.82) is 0 Å². The fraction of sp³-hybridized carbons (Fsp3) is 0.350. The summed E-state index contributed by atoms with van der Waals surface area (Å²) in [6.45, 7) is 2.67. The van der Waals surface area contributed by atoms with E-state index in [0.29, 0.717) is 35.2 Å². The number of carbonyl (C=O) groups excluding carboxylic acids is 2. The van der Waals surface area contributed by atoms with Crippen LogP contribution in [0.3, 0.4) is 0 Å². The van der Waals surface area contributed by atoms with E-state index in [0.717, 1.165) is 29.5 Å². The summed E-state index contributed by atoms with van der Waals surface area (Å²) in [5, 5.41) is 3.95. The number of hydrogen-bond acceptors (Lipinski definition) is 3. The molecular formula is C20H21Cl2N3O2. The Morgan fingerprint density at radius 3 is 2.59 bits per heavy atom. The number of nitrogens with zero attached hydrogens (tertiary/aromatic N) is 2. The lowest BCUT2D eigenvalue weighted by atomic mass is 10.00. The Kier molecular flexibility index (Phi) is 6.34. The molecule has 0 unspecified atom stereocenters. The van der Waals surface area contributed by atoms with Crippen LogP contribution in [0.5, 0.6) is 0 Å². The predicted molar refractivity (Wildman–Crippen MR) is 108 cm³/mol. The Labute approximate surface area is 168 Å². The molecule has 0 spiro atoms. The minimum atomic E-state index is -0.169. The van der Waals surface area contributed by atoms with Gasteiger partial charge in [0.2, 0.25) is 11.8 Å². The van der Waals surface area contributed by atoms with Crippen molar-refractivity contribution in [3.05, 3.63) is 46.1 Å². The number of carbonyl (C=O) groups is 2. The van der Waals surface area contributed by atoms with Crippen molar-refractivity contribution in [3.8, 4) is 11.1 Å². The molecular weight excluding hydrogens is 385 g/mol. The number of aromatic nitrogens is 1. The Balaban J connectivity index is 1.83. The number of nitrogens with one attached hydrogen (secondary N) is 1. The number of amides is 2. The maximum atomic E-state index is 12.3. The first kappa shape index (κ1) is 19.6. The zero-order valence-electron chi connectivity index (χ0n) is 15.1. The Hall–Kier alpha value is -2.11. The number of unbranched alkanes of at least 4 members (excludes halogenated alkanes) is 1. The second kappa shape index (κ2) is 8.72. The van der Waals surface area contributed by atoms with Gasteiger partial charge in [0, 0.05) is 34.8 Å². The first-order valence-corrected chi connectivity index (χ1v) is 9.76. The standard InChI is InChI=1S/C20H21Cl2N3O2/c1-2-3-6-23-18(26)12-25-19(27)5-4-13-7-15(11-24-20(13)25)14-8-16(21)10-17(22)9-14/h7-11H,2-6,12H2,1H3,(H,23,26). The second-order valence-corrected chi connectivity index (χ2v) is 7.42. The van der Waals surface area contributed by atoms with Crippen LogP contribution in [0.2, 0.25) is 10.0 Å². The number of pyridine rings is 1. The van der Waals surface area contributed by atoms with Crippen LogP contribution in [0, 0.1) is 0 Å². The number of anilines is 1. The molecule has 0 saturated heterocycles. The lowest BCUT2D eigenvalue weighted by Crippen LogP contribution is -2.43. The van der Waals surface area contributed by atoms with Crippen LogP contribution in [0.15, 0.2) is 30.5 Å². The SMILES string of the molecule is CCCCNC(=O)CN1C(=O)CCc2cc(-c3cc(Cl)cc(Cl)c3)cnc21. The van der Waals surface area contributed by atoms with Gasteiger partial charge in [-0.2, -0.15) is 0 Å². The summed E-state index contributed by atoms with van der Waals surface area (Å²) in [6, 6.07) is 7.31. The fourth-order valence-corrected chi connectivity index (χ4v) is 3.60. The molecule has 0 radical (unpaired) electrons. The summed E-state index contributed by atoms with van der Waals surface area (Å²) in [5.74, 6) is 0.296. The third kappa shape index (κ3) is 4.79. The zero-order chi connectivity index (χ0) is 19.4. The summed E-state index contributed by atoms with van der Waals surface area (Å²) in [4.78, 5) is 30.4. The molecule has 5 nitrogen and oxygen atoms in total. The van der Waals surface area contributed by atoms with Crippen molar-refractivity contribution in [2.75, 3.05) is 18.0 Å². The van der Waals surface area contributed by atoms with E-state index in [2.05, 4.69) is 17.2 Å². The van der Waals surface area contributed by atoms with E-state index in [4.69, 9.17) is 23.2 Å². The van der Waals surface area contributed by atoms with Crippen molar-refractivity contribution < 1.29 is 9.59 Å². The fourth-order valence-electron chi connectivity index (χ4n) is 3.07. The number of rotatable bonds is 6. The number of fused-ring (bicyclic) bond motifs is 1. The van der Waals surface area contributed by atoms with E-state index >= 15 is 0 Å². The van der Waals surface area contributed by atoms with Crippen LogP contribution in [0.4, 0.5) is 5.82 Å². The lowest BCUT2D eigenvalue weighted by molar-refractivity contribution is -0.124. The molecule has 1 N–H and O–H groups in total. The highest BCUT2D eigenvalue weighted by Crippen LogP contribution is 2.32. The molecule has 0 saturated carbocycles. The van der Waals surface area contributed by atoms with Gasteiger partial charge in [0.15, 0.2) is 0 Å². The molecule has 2 heterocycles. The molecule has 3 rings (SSSR count). The first-order chi connectivity index (χ1) is 13.0. The van der Waals surface area contributed by atoms with Gasteiger partial charge in [-0.15, -0.1) is 0 Å². The molecule has 27 heavy (non-hydrogen) atoms. The van der Waals surface area contributed by atoms with Crippen LogP contribution < -0.4 is 10.2 Å². The van der Waals surface area contributed by atoms with Gasteiger partial charge in [0.05, 0.1) is 0 Å². The molecule has 1 aromatic heterocycles. The normalized spacial score (nSPS) is 13.4. The molecule has 0 fully saturated rings. The number of hydrogen-bond donors (Lipinski definition) is 1. The lowest BCUT2D eigenvalue weighted by Gasteiger charge is -2.28. The van der Waals surface area contributed by atoms with Gasteiger partial charge in [0.1, 0.15) is 12.4 Å². The number of halogens is 2. The third-order valence-corrected chi connectivity index (χ3v) is 4.89. The summed E-state index contributed by atoms with van der Waals surface area (Å²) >= 11 is 12.2. The van der Waals surface area contributed by atoms with Crippen LogP contribution in [-0.4, -0.2) is 29.9 Å². The van der Waals surface area contributed by atoms with E-state index < -0.39 is 0 Å². The van der Waals surface area contributed by atoms with Crippen molar-refractivity contribution in [1.82, 2.24) is 10.3 Å². The van der Waals surface area contributed by atoms with Crippen LogP contribution in [-0.2, 0) is 16.0 Å². The van der Waals surface area contributed by atoms with E-state index in [1.807, 2.05) is 18.2 Å². The molecule has 1 aliphatic heterocycles. The molecule has 142 valence electrons. The first-order valence-electron chi connectivity index (χ1n) is 9.00. The molecule has 1 aromatic carbocycles. The highest BCUT2D eigenvalue weighted by atomic mass is 35.5. The van der Waals surface area contributed by atoms with E-state index in [9.17, 15) is 9.59 Å². The molecule has 2 aromatic rings. The topological polar surface area (TPSA) is 62.3 Å². The van der Waals surface area contributed by atoms with Gasteiger partial charge in [-0.25, -0.2) is 4.98 Å². The molecule has 2 amide bonds. The van der Waals surface area contributed by atoms with E-state index in [1.54, 1.807) is 12.3 Å². The van der Waals surface area contributed by atoms with Crippen molar-refractivity contribution in [2.45, 2.75) is 32.6 Å². The predicted octanol–water partition coefficient (Wildman–Crippen LogP) is 4.25. The van der Waals surface area contributed by atoms with Crippen molar-refractivity contribution in [2.24, 2.45) is 0 Å². The smallest absolute Gasteiger partial charge is 0.240 e. The summed E-state index contributed by atoms with van der Waals surface area (Å²) in [5.41, 5.74) is 2.67. The maximum Gasteiger partial charge on any atom is 0.240 e. The van der Waals surface area contributed by atoms with Gasteiger partial charge < -0.3 is 5.32 Å². The van der Waals surface area contributed by atoms with Crippen molar-refractivity contribution >= 4 is 40.8 Å². The van der Waals surface area contributed by atoms with Crippen LogP contribution in [0.25, 0.3) is 11.1 Å². The van der Waals surface area contributed by atoms with Gasteiger partial charge in [-0.05, 0) is 48.2 Å². The molecule has 1 aliphatic rings. The maximum absolute atomic E-state index is 12.3. The minimum Gasteiger partial charge on any atom is -0.355 e. The van der Waals surface area contributed by atoms with Gasteiger partial charge in [-0.1, -0.05) is 36.5 Å². The van der Waals surface area contributed by atoms with E-state index in [-0.39, 0.29) is 18.4 Å². The second-order valence-electron chi connectivity index (χ2n) is 6.55. The van der Waals surface area contributed by atoms with Gasteiger partial charge >= 0.3 is 0 Å². The molecule has 0 bridgehead atoms. The van der Waals surface area contributed by atoms with Gasteiger partial charge in [-0.3, -0.25) is 14.5 Å². The highest BCUT2D eigenvalue weighted by molar-refractivity contribution is 6.35. The quantitative estimate of drug-likeness (QED) is 0.730. The largest absolute Gasteiger partial charge is 0.355 e.